The molecule has 4 nitrogen and oxygen atoms in total. The van der Waals surface area contributed by atoms with E-state index < -0.39 is 0 Å². The Balaban J connectivity index is 1.90. The smallest absolute Gasteiger partial charge is 0.234 e. The molecule has 3 rings (SSSR count). The maximum absolute atomic E-state index is 12.9. The molecule has 1 fully saturated rings. The lowest BCUT2D eigenvalue weighted by Gasteiger charge is -2.27. The van der Waals surface area contributed by atoms with E-state index in [0.29, 0.717) is 6.10 Å². The Morgan fingerprint density at radius 3 is 2.62 bits per heavy atom. The normalized spacial score (nSPS) is 22.6. The fourth-order valence-corrected chi connectivity index (χ4v) is 3.39. The predicted octanol–water partition coefficient (Wildman–Crippen LogP) is 3.38. The van der Waals surface area contributed by atoms with E-state index in [1.165, 1.54) is 0 Å². The van der Waals surface area contributed by atoms with E-state index >= 15 is 0 Å². The minimum atomic E-state index is 0.100. The second-order valence-electron chi connectivity index (χ2n) is 5.99. The summed E-state index contributed by atoms with van der Waals surface area (Å²) in [5, 5.41) is 1.03. The van der Waals surface area contributed by atoms with Crippen LogP contribution in [0, 0.1) is 12.8 Å². The molecule has 0 atom stereocenters. The lowest BCUT2D eigenvalue weighted by molar-refractivity contribution is 0.0484. The zero-order chi connectivity index (χ0) is 15.0. The maximum Gasteiger partial charge on any atom is 0.234 e. The van der Waals surface area contributed by atoms with Crippen LogP contribution < -0.4 is 5.73 Å². The van der Waals surface area contributed by atoms with Crippen molar-refractivity contribution in [3.05, 3.63) is 30.0 Å². The molecule has 1 saturated carbocycles. The molecule has 0 spiro atoms. The van der Waals surface area contributed by atoms with E-state index in [-0.39, 0.29) is 11.8 Å². The van der Waals surface area contributed by atoms with E-state index in [2.05, 4.69) is 0 Å². The van der Waals surface area contributed by atoms with Crippen LogP contribution in [0.25, 0.3) is 10.9 Å². The number of methoxy groups -OCH3 is 1. The van der Waals surface area contributed by atoms with Crippen molar-refractivity contribution in [2.75, 3.05) is 12.8 Å². The number of aromatic nitrogens is 1. The van der Waals surface area contributed by atoms with Crippen LogP contribution in [0.5, 0.6) is 0 Å². The van der Waals surface area contributed by atoms with Gasteiger partial charge < -0.3 is 10.5 Å². The van der Waals surface area contributed by atoms with E-state index in [1.54, 1.807) is 7.11 Å². The zero-order valence-corrected chi connectivity index (χ0v) is 12.6. The van der Waals surface area contributed by atoms with Crippen molar-refractivity contribution in [2.45, 2.75) is 38.7 Å². The lowest BCUT2D eigenvalue weighted by atomic mass is 9.86. The van der Waals surface area contributed by atoms with Gasteiger partial charge in [0.25, 0.3) is 0 Å². The van der Waals surface area contributed by atoms with E-state index in [4.69, 9.17) is 10.5 Å². The molecular weight excluding hydrogens is 264 g/mol. The number of benzene rings is 1. The van der Waals surface area contributed by atoms with Crippen LogP contribution in [-0.4, -0.2) is 23.7 Å². The SMILES string of the molecule is COC1CCC(C(=O)n2c(C)cc3cc(N)ccc32)CC1. The minimum Gasteiger partial charge on any atom is -0.399 e. The number of nitrogens with two attached hydrogens (primary N) is 1. The first-order valence-corrected chi connectivity index (χ1v) is 7.54. The van der Waals surface area contributed by atoms with Gasteiger partial charge in [0.05, 0.1) is 11.6 Å². The molecule has 0 bridgehead atoms. The summed E-state index contributed by atoms with van der Waals surface area (Å²) >= 11 is 0. The first-order valence-electron chi connectivity index (χ1n) is 7.54. The molecule has 1 aromatic carbocycles. The molecule has 1 aromatic heterocycles. The molecule has 0 saturated heterocycles. The van der Waals surface area contributed by atoms with Crippen molar-refractivity contribution in [3.8, 4) is 0 Å². The number of fused-ring (bicyclic) bond motifs is 1. The van der Waals surface area contributed by atoms with Crippen LogP contribution in [0.4, 0.5) is 5.69 Å². The highest BCUT2D eigenvalue weighted by atomic mass is 16.5. The Hall–Kier alpha value is -1.81. The van der Waals surface area contributed by atoms with Gasteiger partial charge in [-0.1, -0.05) is 0 Å². The van der Waals surface area contributed by atoms with Crippen molar-refractivity contribution >= 4 is 22.5 Å². The lowest BCUT2D eigenvalue weighted by Crippen LogP contribution is -2.29. The molecule has 0 amide bonds. The number of nitrogen functional groups attached to an aromatic ring is 1. The first-order chi connectivity index (χ1) is 10.1. The average Bonchev–Trinajstić information content (AvgIpc) is 2.81. The monoisotopic (exact) mass is 286 g/mol. The van der Waals surface area contributed by atoms with Gasteiger partial charge in [0.1, 0.15) is 0 Å². The summed E-state index contributed by atoms with van der Waals surface area (Å²) in [4.78, 5) is 12.9. The first kappa shape index (κ1) is 14.1. The van der Waals surface area contributed by atoms with E-state index in [9.17, 15) is 4.79 Å². The van der Waals surface area contributed by atoms with Crippen molar-refractivity contribution < 1.29 is 9.53 Å². The quantitative estimate of drug-likeness (QED) is 0.861. The summed E-state index contributed by atoms with van der Waals surface area (Å²) in [6.45, 7) is 1.98. The molecule has 1 aliphatic rings. The molecule has 1 heterocycles. The number of hydrogen-bond acceptors (Lipinski definition) is 3. The molecule has 4 heteroatoms. The molecule has 21 heavy (non-hydrogen) atoms. The standard InChI is InChI=1S/C17H22N2O2/c1-11-9-13-10-14(18)5-8-16(13)19(11)17(20)12-3-6-15(21-2)7-4-12/h5,8-10,12,15H,3-4,6-7,18H2,1-2H3. The fourth-order valence-electron chi connectivity index (χ4n) is 3.39. The van der Waals surface area contributed by atoms with Gasteiger partial charge in [-0.15, -0.1) is 0 Å². The van der Waals surface area contributed by atoms with E-state index in [0.717, 1.165) is 48.0 Å². The predicted molar refractivity (Wildman–Crippen MR) is 84.5 cm³/mol. The third-order valence-electron chi connectivity index (χ3n) is 4.59. The van der Waals surface area contributed by atoms with Crippen molar-refractivity contribution in [2.24, 2.45) is 5.92 Å². The zero-order valence-electron chi connectivity index (χ0n) is 12.6. The Labute approximate surface area is 124 Å². The average molecular weight is 286 g/mol. The summed E-state index contributed by atoms with van der Waals surface area (Å²) in [5.41, 5.74) is 8.49. The second-order valence-corrected chi connectivity index (χ2v) is 5.99. The molecule has 0 unspecified atom stereocenters. The summed E-state index contributed by atoms with van der Waals surface area (Å²) < 4.78 is 7.24. The largest absolute Gasteiger partial charge is 0.399 e. The van der Waals surface area contributed by atoms with Gasteiger partial charge in [-0.3, -0.25) is 9.36 Å². The number of carbonyl (C=O) groups is 1. The number of anilines is 1. The molecule has 0 aliphatic heterocycles. The second kappa shape index (κ2) is 5.53. The van der Waals surface area contributed by atoms with Gasteiger partial charge in [-0.2, -0.15) is 0 Å². The van der Waals surface area contributed by atoms with Crippen molar-refractivity contribution in [3.63, 3.8) is 0 Å². The molecule has 112 valence electrons. The highest BCUT2D eigenvalue weighted by Gasteiger charge is 2.28. The molecule has 2 aromatic rings. The molecular formula is C17H22N2O2. The molecule has 1 aliphatic carbocycles. The summed E-state index contributed by atoms with van der Waals surface area (Å²) in [5.74, 6) is 0.310. The fraction of sp³-hybridized carbons (Fsp3) is 0.471. The number of ether oxygens (including phenoxy) is 1. The number of carbonyl (C=O) groups excluding carboxylic acids is 1. The number of hydrogen-bond donors (Lipinski definition) is 1. The van der Waals surface area contributed by atoms with Crippen LogP contribution in [0.2, 0.25) is 0 Å². The number of rotatable bonds is 2. The van der Waals surface area contributed by atoms with Crippen molar-refractivity contribution in [1.29, 1.82) is 0 Å². The van der Waals surface area contributed by atoms with Gasteiger partial charge in [0.2, 0.25) is 5.91 Å². The van der Waals surface area contributed by atoms with Gasteiger partial charge in [0, 0.05) is 29.8 Å². The van der Waals surface area contributed by atoms with Crippen LogP contribution >= 0.6 is 0 Å². The Bertz CT molecular complexity index is 667. The van der Waals surface area contributed by atoms with Crippen LogP contribution in [0.3, 0.4) is 0 Å². The van der Waals surface area contributed by atoms with Gasteiger partial charge in [0.15, 0.2) is 0 Å². The Morgan fingerprint density at radius 1 is 1.24 bits per heavy atom. The topological polar surface area (TPSA) is 57.2 Å². The minimum absolute atomic E-state index is 0.100. The van der Waals surface area contributed by atoms with Crippen LogP contribution in [0.1, 0.15) is 36.2 Å². The highest BCUT2D eigenvalue weighted by Crippen LogP contribution is 2.30. The summed E-state index contributed by atoms with van der Waals surface area (Å²) in [7, 11) is 1.75. The third-order valence-corrected chi connectivity index (χ3v) is 4.59. The van der Waals surface area contributed by atoms with E-state index in [1.807, 2.05) is 35.8 Å². The van der Waals surface area contributed by atoms with Gasteiger partial charge in [-0.05, 0) is 56.9 Å². The Kier molecular flexibility index (Phi) is 3.72. The van der Waals surface area contributed by atoms with Crippen molar-refractivity contribution in [1.82, 2.24) is 4.57 Å². The number of nitrogens with zero attached hydrogens (tertiary/aromatic N) is 1. The number of aryl methyl sites for hydroxylation is 1. The van der Waals surface area contributed by atoms with Gasteiger partial charge >= 0.3 is 0 Å². The highest BCUT2D eigenvalue weighted by molar-refractivity contribution is 5.95. The Morgan fingerprint density at radius 2 is 1.95 bits per heavy atom. The molecule has 2 N–H and O–H groups in total. The summed E-state index contributed by atoms with van der Waals surface area (Å²) in [6, 6.07) is 7.75. The maximum atomic E-state index is 12.9. The third kappa shape index (κ3) is 2.56. The van der Waals surface area contributed by atoms with Crippen LogP contribution in [-0.2, 0) is 4.74 Å². The van der Waals surface area contributed by atoms with Gasteiger partial charge in [-0.25, -0.2) is 0 Å². The summed E-state index contributed by atoms with van der Waals surface area (Å²) in [6.07, 6.45) is 4.07. The molecule has 0 radical (unpaired) electrons. The van der Waals surface area contributed by atoms with Crippen LogP contribution in [0.15, 0.2) is 24.3 Å².